The maximum absolute atomic E-state index is 9.81. The van der Waals surface area contributed by atoms with E-state index in [0.29, 0.717) is 29.3 Å². The molecule has 0 aliphatic heterocycles. The van der Waals surface area contributed by atoms with E-state index in [2.05, 4.69) is 10.5 Å². The van der Waals surface area contributed by atoms with Gasteiger partial charge in [-0.05, 0) is 36.8 Å². The highest BCUT2D eigenvalue weighted by atomic mass is 16.5. The van der Waals surface area contributed by atoms with Crippen molar-refractivity contribution in [2.24, 2.45) is 5.10 Å². The molecule has 0 aromatic heterocycles. The second kappa shape index (κ2) is 7.40. The molecule has 0 saturated carbocycles. The summed E-state index contributed by atoms with van der Waals surface area (Å²) in [6.07, 6.45) is 0. The third-order valence-corrected chi connectivity index (χ3v) is 3.36. The molecule has 6 heteroatoms. The van der Waals surface area contributed by atoms with Crippen LogP contribution in [0.4, 0.5) is 0 Å². The van der Waals surface area contributed by atoms with E-state index in [-0.39, 0.29) is 11.5 Å². The predicted molar refractivity (Wildman–Crippen MR) is 88.4 cm³/mol. The number of phenolic OH excluding ortho intramolecular Hbond substituents is 2. The minimum absolute atomic E-state index is 0.0147. The van der Waals surface area contributed by atoms with Gasteiger partial charge in [0.25, 0.3) is 0 Å². The van der Waals surface area contributed by atoms with Crippen molar-refractivity contribution in [2.75, 3.05) is 14.2 Å². The van der Waals surface area contributed by atoms with E-state index in [9.17, 15) is 10.2 Å². The topological polar surface area (TPSA) is 83.3 Å². The summed E-state index contributed by atoms with van der Waals surface area (Å²) in [6.45, 7) is 2.17. The second-order valence-corrected chi connectivity index (χ2v) is 4.89. The Hall–Kier alpha value is -2.89. The van der Waals surface area contributed by atoms with Crippen molar-refractivity contribution in [1.82, 2.24) is 5.43 Å². The average molecular weight is 316 g/mol. The summed E-state index contributed by atoms with van der Waals surface area (Å²) < 4.78 is 10.4. The number of methoxy groups -OCH3 is 2. The van der Waals surface area contributed by atoms with Gasteiger partial charge in [-0.3, -0.25) is 0 Å². The Morgan fingerprint density at radius 2 is 1.70 bits per heavy atom. The Morgan fingerprint density at radius 3 is 2.30 bits per heavy atom. The van der Waals surface area contributed by atoms with Gasteiger partial charge in [0, 0.05) is 0 Å². The van der Waals surface area contributed by atoms with Crippen molar-refractivity contribution in [2.45, 2.75) is 13.5 Å². The lowest BCUT2D eigenvalue weighted by molar-refractivity contribution is 0.354. The highest BCUT2D eigenvalue weighted by molar-refractivity contribution is 6.03. The van der Waals surface area contributed by atoms with Crippen LogP contribution < -0.4 is 14.9 Å². The van der Waals surface area contributed by atoms with E-state index in [0.717, 1.165) is 5.56 Å². The minimum atomic E-state index is -0.0147. The maximum atomic E-state index is 9.81. The molecule has 2 rings (SSSR count). The summed E-state index contributed by atoms with van der Waals surface area (Å²) in [5.41, 5.74) is 4.67. The Kier molecular flexibility index (Phi) is 5.30. The number of rotatable bonds is 6. The molecule has 0 bridgehead atoms. The average Bonchev–Trinajstić information content (AvgIpc) is 2.54. The number of benzene rings is 2. The fourth-order valence-electron chi connectivity index (χ4n) is 2.19. The molecule has 122 valence electrons. The van der Waals surface area contributed by atoms with E-state index >= 15 is 0 Å². The zero-order valence-corrected chi connectivity index (χ0v) is 13.3. The number of ether oxygens (including phenoxy) is 2. The van der Waals surface area contributed by atoms with E-state index in [1.165, 1.54) is 12.1 Å². The molecule has 0 fully saturated rings. The molecule has 0 aliphatic carbocycles. The Bertz CT molecular complexity index is 693. The summed E-state index contributed by atoms with van der Waals surface area (Å²) in [4.78, 5) is 0. The standard InChI is InChI=1S/C17H20N2O4/c1-11(17-13(20)5-4-6-14(17)21)19-18-10-12-7-8-15(22-2)16(9-12)23-3/h4-9,18,20-21H,10H2,1-3H3/b19-11-. The summed E-state index contributed by atoms with van der Waals surface area (Å²) in [6, 6.07) is 10.1. The van der Waals surface area contributed by atoms with Gasteiger partial charge < -0.3 is 25.1 Å². The summed E-state index contributed by atoms with van der Waals surface area (Å²) in [7, 11) is 3.17. The van der Waals surface area contributed by atoms with E-state index < -0.39 is 0 Å². The molecular formula is C17H20N2O4. The number of aromatic hydroxyl groups is 2. The van der Waals surface area contributed by atoms with Gasteiger partial charge in [-0.15, -0.1) is 0 Å². The van der Waals surface area contributed by atoms with Crippen molar-refractivity contribution in [3.05, 3.63) is 47.5 Å². The maximum Gasteiger partial charge on any atom is 0.161 e. The number of nitrogens with zero attached hydrogens (tertiary/aromatic N) is 1. The smallest absolute Gasteiger partial charge is 0.161 e. The Balaban J connectivity index is 2.09. The van der Waals surface area contributed by atoms with Gasteiger partial charge in [0.15, 0.2) is 11.5 Å². The molecule has 6 nitrogen and oxygen atoms in total. The van der Waals surface area contributed by atoms with E-state index in [1.807, 2.05) is 18.2 Å². The number of nitrogens with one attached hydrogen (secondary N) is 1. The van der Waals surface area contributed by atoms with Crippen LogP contribution in [-0.4, -0.2) is 30.1 Å². The van der Waals surface area contributed by atoms with Crippen LogP contribution in [0.25, 0.3) is 0 Å². The number of phenols is 2. The molecule has 2 aromatic rings. The number of hydrogen-bond donors (Lipinski definition) is 3. The molecule has 23 heavy (non-hydrogen) atoms. The number of hydrazone groups is 1. The first-order chi connectivity index (χ1) is 11.1. The lowest BCUT2D eigenvalue weighted by atomic mass is 10.1. The van der Waals surface area contributed by atoms with E-state index in [1.54, 1.807) is 27.2 Å². The third-order valence-electron chi connectivity index (χ3n) is 3.36. The first-order valence-corrected chi connectivity index (χ1v) is 7.06. The van der Waals surface area contributed by atoms with E-state index in [4.69, 9.17) is 9.47 Å². The fourth-order valence-corrected chi connectivity index (χ4v) is 2.19. The lowest BCUT2D eigenvalue weighted by Gasteiger charge is -2.10. The molecule has 0 aliphatic rings. The highest BCUT2D eigenvalue weighted by Gasteiger charge is 2.10. The van der Waals surface area contributed by atoms with Crippen molar-refractivity contribution < 1.29 is 19.7 Å². The third kappa shape index (κ3) is 3.85. The normalized spacial score (nSPS) is 11.2. The largest absolute Gasteiger partial charge is 0.507 e. The molecule has 0 atom stereocenters. The van der Waals surface area contributed by atoms with Gasteiger partial charge in [0.1, 0.15) is 11.5 Å². The molecule has 0 spiro atoms. The molecule has 3 N–H and O–H groups in total. The summed E-state index contributed by atoms with van der Waals surface area (Å²) in [5, 5.41) is 23.8. The molecule has 2 aromatic carbocycles. The second-order valence-electron chi connectivity index (χ2n) is 4.89. The van der Waals surface area contributed by atoms with Gasteiger partial charge in [-0.1, -0.05) is 12.1 Å². The predicted octanol–water partition coefficient (Wildman–Crippen LogP) is 2.63. The van der Waals surface area contributed by atoms with Gasteiger partial charge in [0.05, 0.1) is 32.0 Å². The van der Waals surface area contributed by atoms with Crippen LogP contribution in [0.5, 0.6) is 23.0 Å². The zero-order valence-electron chi connectivity index (χ0n) is 13.3. The monoisotopic (exact) mass is 316 g/mol. The van der Waals surface area contributed by atoms with Crippen LogP contribution in [-0.2, 0) is 6.54 Å². The zero-order chi connectivity index (χ0) is 16.8. The van der Waals surface area contributed by atoms with Crippen LogP contribution in [0.3, 0.4) is 0 Å². The van der Waals surface area contributed by atoms with Crippen molar-refractivity contribution >= 4 is 5.71 Å². The molecule has 0 heterocycles. The Labute approximate surface area is 135 Å². The summed E-state index contributed by atoms with van der Waals surface area (Å²) in [5.74, 6) is 1.28. The fraction of sp³-hybridized carbons (Fsp3) is 0.235. The molecule has 0 saturated heterocycles. The molecular weight excluding hydrogens is 296 g/mol. The first kappa shape index (κ1) is 16.5. The van der Waals surface area contributed by atoms with Gasteiger partial charge in [0.2, 0.25) is 0 Å². The summed E-state index contributed by atoms with van der Waals surface area (Å²) >= 11 is 0. The van der Waals surface area contributed by atoms with Crippen LogP contribution in [0.1, 0.15) is 18.1 Å². The molecule has 0 radical (unpaired) electrons. The molecule has 0 amide bonds. The van der Waals surface area contributed by atoms with Gasteiger partial charge >= 0.3 is 0 Å². The van der Waals surface area contributed by atoms with Crippen molar-refractivity contribution in [3.63, 3.8) is 0 Å². The quantitative estimate of drug-likeness (QED) is 0.563. The number of hydrogen-bond acceptors (Lipinski definition) is 6. The van der Waals surface area contributed by atoms with Crippen LogP contribution in [0, 0.1) is 0 Å². The van der Waals surface area contributed by atoms with Crippen LogP contribution in [0.2, 0.25) is 0 Å². The SMILES string of the molecule is COc1ccc(CN/N=C(/C)c2c(O)cccc2O)cc1OC. The first-order valence-electron chi connectivity index (χ1n) is 7.06. The van der Waals surface area contributed by atoms with Crippen LogP contribution >= 0.6 is 0 Å². The van der Waals surface area contributed by atoms with Crippen LogP contribution in [0.15, 0.2) is 41.5 Å². The Morgan fingerprint density at radius 1 is 1.04 bits per heavy atom. The van der Waals surface area contributed by atoms with Crippen molar-refractivity contribution in [3.8, 4) is 23.0 Å². The minimum Gasteiger partial charge on any atom is -0.507 e. The molecule has 0 unspecified atom stereocenters. The highest BCUT2D eigenvalue weighted by Crippen LogP contribution is 2.28. The van der Waals surface area contributed by atoms with Crippen molar-refractivity contribution in [1.29, 1.82) is 0 Å². The lowest BCUT2D eigenvalue weighted by Crippen LogP contribution is -2.09. The van der Waals surface area contributed by atoms with Gasteiger partial charge in [-0.2, -0.15) is 5.10 Å². The van der Waals surface area contributed by atoms with Gasteiger partial charge in [-0.25, -0.2) is 0 Å².